The van der Waals surface area contributed by atoms with Crippen LogP contribution in [0, 0.1) is 0 Å². The maximum atomic E-state index is 13.9. The van der Waals surface area contributed by atoms with Gasteiger partial charge in [-0.2, -0.15) is 0 Å². The fourth-order valence-corrected chi connectivity index (χ4v) is 5.39. The highest BCUT2D eigenvalue weighted by molar-refractivity contribution is 7.10. The number of hydrogen-bond donors (Lipinski definition) is 1. The van der Waals surface area contributed by atoms with E-state index in [4.69, 9.17) is 4.74 Å². The van der Waals surface area contributed by atoms with Crippen molar-refractivity contribution in [3.05, 3.63) is 82.0 Å². The molecule has 0 saturated heterocycles. The number of nitrogens with zero attached hydrogens (tertiary/aromatic N) is 1. The summed E-state index contributed by atoms with van der Waals surface area (Å²) in [5.41, 5.74) is 1.78. The van der Waals surface area contributed by atoms with Gasteiger partial charge >= 0.3 is 0 Å². The van der Waals surface area contributed by atoms with Gasteiger partial charge in [-0.25, -0.2) is 0 Å². The number of thiophene rings is 1. The van der Waals surface area contributed by atoms with Gasteiger partial charge in [0.2, 0.25) is 11.8 Å². The van der Waals surface area contributed by atoms with Crippen LogP contribution in [-0.2, 0) is 16.0 Å². The number of nitrogens with one attached hydrogen (secondary N) is 1. The number of carbonyl (C=O) groups is 3. The Kier molecular flexibility index (Phi) is 8.54. The van der Waals surface area contributed by atoms with E-state index < -0.39 is 6.04 Å². The van der Waals surface area contributed by atoms with Crippen molar-refractivity contribution in [3.8, 4) is 5.75 Å². The highest BCUT2D eigenvalue weighted by Crippen LogP contribution is 2.32. The van der Waals surface area contributed by atoms with E-state index in [2.05, 4.69) is 5.32 Å². The van der Waals surface area contributed by atoms with Gasteiger partial charge in [0.15, 0.2) is 5.78 Å². The zero-order valence-corrected chi connectivity index (χ0v) is 21.6. The molecule has 1 aliphatic rings. The Morgan fingerprint density at radius 1 is 1.03 bits per heavy atom. The summed E-state index contributed by atoms with van der Waals surface area (Å²) in [6.45, 7) is 1.51. The Balaban J connectivity index is 1.77. The molecule has 1 aromatic heterocycles. The van der Waals surface area contributed by atoms with Crippen molar-refractivity contribution in [1.82, 2.24) is 5.32 Å². The van der Waals surface area contributed by atoms with Crippen molar-refractivity contribution in [1.29, 1.82) is 0 Å². The van der Waals surface area contributed by atoms with E-state index in [-0.39, 0.29) is 30.1 Å². The van der Waals surface area contributed by atoms with E-state index in [1.54, 1.807) is 42.3 Å². The van der Waals surface area contributed by atoms with Crippen molar-refractivity contribution >= 4 is 34.6 Å². The highest BCUT2D eigenvalue weighted by Gasteiger charge is 2.34. The van der Waals surface area contributed by atoms with Crippen LogP contribution in [0.25, 0.3) is 0 Å². The van der Waals surface area contributed by atoms with Crippen molar-refractivity contribution in [2.75, 3.05) is 12.0 Å². The molecule has 36 heavy (non-hydrogen) atoms. The highest BCUT2D eigenvalue weighted by atomic mass is 32.1. The van der Waals surface area contributed by atoms with E-state index in [9.17, 15) is 14.4 Å². The van der Waals surface area contributed by atoms with Gasteiger partial charge in [-0.1, -0.05) is 37.5 Å². The van der Waals surface area contributed by atoms with Gasteiger partial charge in [0.1, 0.15) is 11.8 Å². The molecule has 4 rings (SSSR count). The average Bonchev–Trinajstić information content (AvgIpc) is 3.40. The number of anilines is 1. The monoisotopic (exact) mass is 504 g/mol. The van der Waals surface area contributed by atoms with Crippen LogP contribution in [0.3, 0.4) is 0 Å². The minimum atomic E-state index is -0.891. The van der Waals surface area contributed by atoms with Gasteiger partial charge in [-0.05, 0) is 73.2 Å². The second-order valence-electron chi connectivity index (χ2n) is 9.15. The first kappa shape index (κ1) is 25.6. The first-order valence-electron chi connectivity index (χ1n) is 12.4. The normalized spacial score (nSPS) is 14.6. The molecule has 1 heterocycles. The summed E-state index contributed by atoms with van der Waals surface area (Å²) in [6, 6.07) is 17.2. The lowest BCUT2D eigenvalue weighted by Crippen LogP contribution is -2.47. The van der Waals surface area contributed by atoms with Crippen LogP contribution in [0.1, 0.15) is 65.9 Å². The summed E-state index contributed by atoms with van der Waals surface area (Å²) in [5.74, 6) is 0.142. The number of amides is 2. The second kappa shape index (κ2) is 12.0. The molecular formula is C29H32N2O4S. The molecule has 0 bridgehead atoms. The van der Waals surface area contributed by atoms with Crippen molar-refractivity contribution in [2.24, 2.45) is 0 Å². The molecule has 1 unspecified atom stereocenters. The molecule has 1 saturated carbocycles. The Morgan fingerprint density at radius 3 is 2.42 bits per heavy atom. The number of methoxy groups -OCH3 is 1. The number of ketones is 1. The number of Topliss-reactive ketones (excluding diaryl/α,β-unsaturated/α-hetero) is 1. The summed E-state index contributed by atoms with van der Waals surface area (Å²) >= 11 is 1.51. The second-order valence-corrected chi connectivity index (χ2v) is 10.2. The summed E-state index contributed by atoms with van der Waals surface area (Å²) in [6.07, 6.45) is 5.40. The minimum Gasteiger partial charge on any atom is -0.497 e. The number of ether oxygens (including phenoxy) is 1. The zero-order chi connectivity index (χ0) is 25.5. The van der Waals surface area contributed by atoms with Gasteiger partial charge in [0, 0.05) is 22.2 Å². The van der Waals surface area contributed by atoms with Crippen molar-refractivity contribution in [3.63, 3.8) is 0 Å². The summed E-state index contributed by atoms with van der Waals surface area (Å²) in [7, 11) is 1.58. The van der Waals surface area contributed by atoms with E-state index >= 15 is 0 Å². The van der Waals surface area contributed by atoms with Crippen LogP contribution in [-0.4, -0.2) is 30.7 Å². The Hall–Kier alpha value is -3.45. The lowest BCUT2D eigenvalue weighted by Gasteiger charge is -2.33. The predicted molar refractivity (Wildman–Crippen MR) is 143 cm³/mol. The lowest BCUT2D eigenvalue weighted by atomic mass is 9.94. The molecule has 0 aliphatic heterocycles. The lowest BCUT2D eigenvalue weighted by molar-refractivity contribution is -0.127. The SMILES string of the molecule is COc1cccc(C(C(=O)NC2CCCCC2)N(C(=O)Cc2cccs2)c2ccc(C(C)=O)cc2)c1. The fourth-order valence-electron chi connectivity index (χ4n) is 4.70. The molecule has 0 radical (unpaired) electrons. The van der Waals surface area contributed by atoms with Crippen LogP contribution < -0.4 is 15.0 Å². The maximum Gasteiger partial charge on any atom is 0.248 e. The molecule has 188 valence electrons. The van der Waals surface area contributed by atoms with Crippen molar-refractivity contribution < 1.29 is 19.1 Å². The maximum absolute atomic E-state index is 13.9. The first-order valence-corrected chi connectivity index (χ1v) is 13.2. The zero-order valence-electron chi connectivity index (χ0n) is 20.7. The first-order chi connectivity index (χ1) is 17.5. The fraction of sp³-hybridized carbons (Fsp3) is 0.345. The van der Waals surface area contributed by atoms with Crippen LogP contribution in [0.2, 0.25) is 0 Å². The van der Waals surface area contributed by atoms with E-state index in [0.717, 1.165) is 30.6 Å². The van der Waals surface area contributed by atoms with Gasteiger partial charge in [0.05, 0.1) is 13.5 Å². The summed E-state index contributed by atoms with van der Waals surface area (Å²) in [5, 5.41) is 5.16. The van der Waals surface area contributed by atoms with E-state index in [1.807, 2.05) is 35.7 Å². The molecule has 1 atom stereocenters. The minimum absolute atomic E-state index is 0.0580. The molecule has 1 fully saturated rings. The third kappa shape index (κ3) is 6.21. The van der Waals surface area contributed by atoms with Crippen LogP contribution >= 0.6 is 11.3 Å². The molecule has 3 aromatic rings. The molecule has 2 amide bonds. The third-order valence-corrected chi connectivity index (χ3v) is 7.47. The third-order valence-electron chi connectivity index (χ3n) is 6.59. The molecular weight excluding hydrogens is 472 g/mol. The van der Waals surface area contributed by atoms with Crippen LogP contribution in [0.15, 0.2) is 66.0 Å². The van der Waals surface area contributed by atoms with Crippen LogP contribution in [0.4, 0.5) is 5.69 Å². The predicted octanol–water partition coefficient (Wildman–Crippen LogP) is 5.73. The molecule has 1 N–H and O–H groups in total. The topological polar surface area (TPSA) is 75.7 Å². The standard InChI is InChI=1S/C29H32N2O4S/c1-20(32)21-13-15-24(16-14-21)31(27(33)19-26-12-7-17-36-26)28(22-8-6-11-25(18-22)35-2)29(34)30-23-9-4-3-5-10-23/h6-8,11-18,23,28H,3-5,9-10,19H2,1-2H3,(H,30,34). The number of carbonyl (C=O) groups excluding carboxylic acids is 3. The number of benzene rings is 2. The Morgan fingerprint density at radius 2 is 1.78 bits per heavy atom. The van der Waals surface area contributed by atoms with Gasteiger partial charge < -0.3 is 10.1 Å². The van der Waals surface area contributed by atoms with Gasteiger partial charge in [-0.3, -0.25) is 19.3 Å². The molecule has 2 aromatic carbocycles. The van der Waals surface area contributed by atoms with Gasteiger partial charge in [0.25, 0.3) is 0 Å². The summed E-state index contributed by atoms with van der Waals surface area (Å²) in [4.78, 5) is 42.1. The average molecular weight is 505 g/mol. The van der Waals surface area contributed by atoms with E-state index in [0.29, 0.717) is 22.6 Å². The molecule has 0 spiro atoms. The quantitative estimate of drug-likeness (QED) is 0.378. The molecule has 7 heteroatoms. The number of rotatable bonds is 9. The van der Waals surface area contributed by atoms with Gasteiger partial charge in [-0.15, -0.1) is 11.3 Å². The molecule has 1 aliphatic carbocycles. The summed E-state index contributed by atoms with van der Waals surface area (Å²) < 4.78 is 5.44. The molecule has 6 nitrogen and oxygen atoms in total. The Labute approximate surface area is 216 Å². The van der Waals surface area contributed by atoms with Crippen molar-refractivity contribution in [2.45, 2.75) is 57.5 Å². The Bertz CT molecular complexity index is 1180. The smallest absolute Gasteiger partial charge is 0.248 e. The van der Waals surface area contributed by atoms with Crippen LogP contribution in [0.5, 0.6) is 5.75 Å². The van der Waals surface area contributed by atoms with E-state index in [1.165, 1.54) is 24.7 Å². The largest absolute Gasteiger partial charge is 0.497 e. The number of hydrogen-bond acceptors (Lipinski definition) is 5.